The van der Waals surface area contributed by atoms with Gasteiger partial charge in [-0.05, 0) is 18.8 Å². The van der Waals surface area contributed by atoms with Crippen molar-refractivity contribution in [1.82, 2.24) is 10.2 Å². The number of piperidine rings is 1. The summed E-state index contributed by atoms with van der Waals surface area (Å²) in [5.74, 6) is 1.51. The largest absolute Gasteiger partial charge is 0.356 e. The summed E-state index contributed by atoms with van der Waals surface area (Å²) >= 11 is 0. The van der Waals surface area contributed by atoms with Gasteiger partial charge in [0.25, 0.3) is 0 Å². The van der Waals surface area contributed by atoms with Gasteiger partial charge in [-0.15, -0.1) is 24.0 Å². The molecule has 0 radical (unpaired) electrons. The summed E-state index contributed by atoms with van der Waals surface area (Å²) in [5, 5.41) is 3.03. The molecule has 2 aliphatic rings. The summed E-state index contributed by atoms with van der Waals surface area (Å²) in [5.41, 5.74) is 0. The molecular formula is C11H20F2IN3. The zero-order chi connectivity index (χ0) is 11.5. The maximum absolute atomic E-state index is 12.0. The lowest BCUT2D eigenvalue weighted by Gasteiger charge is -2.35. The molecule has 17 heavy (non-hydrogen) atoms. The fourth-order valence-corrected chi connectivity index (χ4v) is 2.39. The molecule has 1 saturated heterocycles. The van der Waals surface area contributed by atoms with E-state index < -0.39 is 6.43 Å². The zero-order valence-corrected chi connectivity index (χ0v) is 12.4. The van der Waals surface area contributed by atoms with Crippen LogP contribution < -0.4 is 5.32 Å². The van der Waals surface area contributed by atoms with Crippen LogP contribution in [0.25, 0.3) is 0 Å². The van der Waals surface area contributed by atoms with E-state index in [0.717, 1.165) is 19.0 Å². The lowest BCUT2D eigenvalue weighted by atomic mass is 9.95. The van der Waals surface area contributed by atoms with Gasteiger partial charge >= 0.3 is 0 Å². The van der Waals surface area contributed by atoms with Gasteiger partial charge in [0, 0.05) is 19.5 Å². The molecule has 0 amide bonds. The number of hydrogen-bond acceptors (Lipinski definition) is 3. The second-order valence-corrected chi connectivity index (χ2v) is 4.76. The normalized spacial score (nSPS) is 27.5. The lowest BCUT2D eigenvalue weighted by molar-refractivity contribution is 0.138. The van der Waals surface area contributed by atoms with E-state index in [4.69, 9.17) is 0 Å². The number of guanidine groups is 1. The van der Waals surface area contributed by atoms with Crippen LogP contribution in [0.15, 0.2) is 4.99 Å². The molecule has 1 fully saturated rings. The predicted octanol–water partition coefficient (Wildman–Crippen LogP) is 2.32. The van der Waals surface area contributed by atoms with Crippen molar-refractivity contribution in [1.29, 1.82) is 0 Å². The molecule has 2 aliphatic heterocycles. The molecular weight excluding hydrogens is 339 g/mol. The third-order valence-corrected chi connectivity index (χ3v) is 3.31. The van der Waals surface area contributed by atoms with E-state index in [2.05, 4.69) is 22.1 Å². The summed E-state index contributed by atoms with van der Waals surface area (Å²) in [4.78, 5) is 6.65. The summed E-state index contributed by atoms with van der Waals surface area (Å²) in [7, 11) is 0. The minimum atomic E-state index is -2.23. The van der Waals surface area contributed by atoms with Crippen molar-refractivity contribution in [3.63, 3.8) is 0 Å². The van der Waals surface area contributed by atoms with Crippen LogP contribution >= 0.6 is 24.0 Å². The molecule has 0 bridgehead atoms. The average molecular weight is 359 g/mol. The Balaban J connectivity index is 0.00000144. The number of halogens is 3. The van der Waals surface area contributed by atoms with E-state index in [-0.39, 0.29) is 30.4 Å². The molecule has 3 nitrogen and oxygen atoms in total. The number of alkyl halides is 2. The van der Waals surface area contributed by atoms with Gasteiger partial charge < -0.3 is 10.2 Å². The average Bonchev–Trinajstić information content (AvgIpc) is 2.60. The first-order chi connectivity index (χ1) is 7.66. The van der Waals surface area contributed by atoms with Crippen LogP contribution in [0, 0.1) is 5.92 Å². The van der Waals surface area contributed by atoms with E-state index in [1.54, 1.807) is 0 Å². The van der Waals surface area contributed by atoms with Gasteiger partial charge in [0.2, 0.25) is 6.43 Å². The van der Waals surface area contributed by atoms with Crippen molar-refractivity contribution in [2.45, 2.75) is 38.7 Å². The first kappa shape index (κ1) is 14.9. The minimum absolute atomic E-state index is 0. The van der Waals surface area contributed by atoms with Crippen molar-refractivity contribution in [3.05, 3.63) is 0 Å². The van der Waals surface area contributed by atoms with E-state index in [9.17, 15) is 8.78 Å². The van der Waals surface area contributed by atoms with Crippen molar-refractivity contribution in [3.8, 4) is 0 Å². The predicted molar refractivity (Wildman–Crippen MR) is 75.2 cm³/mol. The lowest BCUT2D eigenvalue weighted by Crippen LogP contribution is -2.48. The molecule has 0 saturated carbocycles. The Morgan fingerprint density at radius 3 is 2.94 bits per heavy atom. The van der Waals surface area contributed by atoms with E-state index in [1.165, 1.54) is 12.8 Å². The van der Waals surface area contributed by atoms with Gasteiger partial charge in [0.05, 0.1) is 12.6 Å². The summed E-state index contributed by atoms with van der Waals surface area (Å²) in [6.07, 6.45) is 0.0873. The van der Waals surface area contributed by atoms with Crippen LogP contribution in [0.3, 0.4) is 0 Å². The number of nitrogens with zero attached hydrogens (tertiary/aromatic N) is 2. The smallest absolute Gasteiger partial charge is 0.240 e. The van der Waals surface area contributed by atoms with Crippen molar-refractivity contribution in [2.24, 2.45) is 10.9 Å². The Labute approximate surface area is 118 Å². The highest BCUT2D eigenvalue weighted by molar-refractivity contribution is 14.0. The maximum atomic E-state index is 12.0. The summed E-state index contributed by atoms with van der Waals surface area (Å²) in [6.45, 7) is 4.37. The highest BCUT2D eigenvalue weighted by atomic mass is 127. The van der Waals surface area contributed by atoms with Crippen LogP contribution in [-0.4, -0.2) is 43.0 Å². The first-order valence-corrected chi connectivity index (χ1v) is 6.00. The highest BCUT2D eigenvalue weighted by Gasteiger charge is 2.32. The SMILES string of the molecule is CC1CCC2CN=C(NCCC(F)F)N2C1.I. The fourth-order valence-electron chi connectivity index (χ4n) is 2.39. The van der Waals surface area contributed by atoms with E-state index in [1.807, 2.05) is 0 Å². The van der Waals surface area contributed by atoms with Crippen LogP contribution in [0.2, 0.25) is 0 Å². The molecule has 1 N–H and O–H groups in total. The summed E-state index contributed by atoms with van der Waals surface area (Å²) in [6, 6.07) is 0.505. The standard InChI is InChI=1S/C11H19F2N3.HI/c1-8-2-3-9-6-15-11(16(9)7-8)14-5-4-10(12)13;/h8-10H,2-7H2,1H3,(H,14,15);1H. The Bertz CT molecular complexity index is 273. The Hall–Kier alpha value is -0.140. The molecule has 0 aromatic heterocycles. The topological polar surface area (TPSA) is 27.6 Å². The van der Waals surface area contributed by atoms with Crippen LogP contribution in [0.1, 0.15) is 26.2 Å². The first-order valence-electron chi connectivity index (χ1n) is 6.00. The van der Waals surface area contributed by atoms with Crippen LogP contribution in [0.5, 0.6) is 0 Å². The van der Waals surface area contributed by atoms with Crippen LogP contribution in [0.4, 0.5) is 8.78 Å². The molecule has 0 aromatic carbocycles. The molecule has 2 heterocycles. The minimum Gasteiger partial charge on any atom is -0.356 e. The molecule has 0 aromatic rings. The molecule has 2 unspecified atom stereocenters. The van der Waals surface area contributed by atoms with E-state index >= 15 is 0 Å². The zero-order valence-electron chi connectivity index (χ0n) is 10.0. The molecule has 0 aliphatic carbocycles. The van der Waals surface area contributed by atoms with Crippen molar-refractivity contribution in [2.75, 3.05) is 19.6 Å². The number of rotatable bonds is 3. The number of fused-ring (bicyclic) bond motifs is 1. The number of aliphatic imine (C=N–C) groups is 1. The third-order valence-electron chi connectivity index (χ3n) is 3.31. The van der Waals surface area contributed by atoms with Crippen molar-refractivity contribution < 1.29 is 8.78 Å². The van der Waals surface area contributed by atoms with Gasteiger partial charge in [-0.25, -0.2) is 8.78 Å². The van der Waals surface area contributed by atoms with Gasteiger partial charge in [-0.1, -0.05) is 6.92 Å². The second-order valence-electron chi connectivity index (χ2n) is 4.76. The van der Waals surface area contributed by atoms with E-state index in [0.29, 0.717) is 18.5 Å². The Morgan fingerprint density at radius 1 is 1.47 bits per heavy atom. The quantitative estimate of drug-likeness (QED) is 0.784. The van der Waals surface area contributed by atoms with Gasteiger partial charge in [-0.3, -0.25) is 4.99 Å². The van der Waals surface area contributed by atoms with Gasteiger partial charge in [0.15, 0.2) is 5.96 Å². The molecule has 6 heteroatoms. The molecule has 0 spiro atoms. The third kappa shape index (κ3) is 3.93. The van der Waals surface area contributed by atoms with Gasteiger partial charge in [0.1, 0.15) is 0 Å². The molecule has 2 rings (SSSR count). The fraction of sp³-hybridized carbons (Fsp3) is 0.909. The van der Waals surface area contributed by atoms with Crippen molar-refractivity contribution >= 4 is 29.9 Å². The van der Waals surface area contributed by atoms with Crippen LogP contribution in [-0.2, 0) is 0 Å². The van der Waals surface area contributed by atoms with Gasteiger partial charge in [-0.2, -0.15) is 0 Å². The Kier molecular flexibility index (Phi) is 5.88. The second kappa shape index (κ2) is 6.70. The maximum Gasteiger partial charge on any atom is 0.240 e. The number of nitrogens with one attached hydrogen (secondary N) is 1. The monoisotopic (exact) mass is 359 g/mol. The molecule has 100 valence electrons. The molecule has 2 atom stereocenters. The summed E-state index contributed by atoms with van der Waals surface area (Å²) < 4.78 is 24.0. The Morgan fingerprint density at radius 2 is 2.24 bits per heavy atom. The highest BCUT2D eigenvalue weighted by Crippen LogP contribution is 2.25. The number of hydrogen-bond donors (Lipinski definition) is 1.